The maximum absolute atomic E-state index is 13.6. The predicted octanol–water partition coefficient (Wildman–Crippen LogP) is 40.2. The number of fused-ring (bicyclic) bond motifs is 2. The van der Waals surface area contributed by atoms with Gasteiger partial charge in [-0.1, -0.05) is 325 Å². The molecule has 0 amide bonds. The summed E-state index contributed by atoms with van der Waals surface area (Å²) in [5.41, 5.74) is 10.4. The molecule has 0 aliphatic carbocycles. The smallest absolute Gasteiger partial charge is 0.348 e. The Balaban J connectivity index is 1.05. The van der Waals surface area contributed by atoms with Crippen LogP contribution >= 0.6 is 90.7 Å². The average Bonchev–Trinajstić information content (AvgIpc) is 1.01. The van der Waals surface area contributed by atoms with Gasteiger partial charge in [0, 0.05) is 99.6 Å². The Morgan fingerprint density at radius 1 is 0.306 bits per heavy atom. The number of aryl methyl sites for hydroxylation is 4. The van der Waals surface area contributed by atoms with E-state index in [4.69, 9.17) is 18.9 Å². The molecule has 0 aliphatic heterocycles. The molecular weight excluding hydrogens is 1800 g/mol. The first-order valence-electron chi connectivity index (χ1n) is 52.6. The number of esters is 2. The van der Waals surface area contributed by atoms with Crippen molar-refractivity contribution in [1.29, 1.82) is 10.5 Å². The second-order valence-corrected chi connectivity index (χ2v) is 46.0. The molecule has 16 heteroatoms. The molecule has 8 nitrogen and oxygen atoms in total. The Morgan fingerprint density at radius 3 is 0.896 bits per heavy atom. The van der Waals surface area contributed by atoms with Crippen molar-refractivity contribution in [2.24, 2.45) is 11.8 Å². The van der Waals surface area contributed by atoms with E-state index in [1.54, 1.807) is 34.8 Å². The zero-order valence-corrected chi connectivity index (χ0v) is 89.6. The van der Waals surface area contributed by atoms with Crippen LogP contribution in [0.15, 0.2) is 120 Å². The quantitative estimate of drug-likeness (QED) is 0.0160. The third-order valence-electron chi connectivity index (χ3n) is 26.6. The predicted molar refractivity (Wildman–Crippen MR) is 590 cm³/mol. The summed E-state index contributed by atoms with van der Waals surface area (Å²) in [6.45, 7) is 24.9. The van der Waals surface area contributed by atoms with Gasteiger partial charge in [0.1, 0.15) is 34.8 Å². The van der Waals surface area contributed by atoms with E-state index in [2.05, 4.69) is 191 Å². The van der Waals surface area contributed by atoms with Crippen molar-refractivity contribution >= 4 is 135 Å². The SMILES string of the molecule is CCCCCCCCOC(=O)/C(C#N)=C/c1cc(CCCCCCCC)c(-c2ccc(-c3sc(-c4cc5c(-c6ccc(OCC(CC)CCCC)cc6)c6sc(-c7cc(CCCCCCCC)c(-c8ccc(-c9sc(/C=C(\C#N)C(=O)OCCCCCCCC)cc9CCCCCCCC)s8)s7)cc6c(-c6ccc(OCC(CC)CCCC)cc6)c5s4)cc3CCCCCCCC)s2)s1. The molecule has 722 valence electrons. The number of nitriles is 2. The fourth-order valence-electron chi connectivity index (χ4n) is 18.3. The van der Waals surface area contributed by atoms with Gasteiger partial charge in [0.05, 0.1) is 26.4 Å². The summed E-state index contributed by atoms with van der Waals surface area (Å²) < 4.78 is 27.6. The molecular formula is C118H156N2O6S8. The minimum Gasteiger partial charge on any atom is -0.493 e. The van der Waals surface area contributed by atoms with E-state index in [9.17, 15) is 20.1 Å². The summed E-state index contributed by atoms with van der Waals surface area (Å²) in [6, 6.07) is 47.0. The molecule has 11 rings (SSSR count). The molecule has 0 spiro atoms. The van der Waals surface area contributed by atoms with Gasteiger partial charge in [-0.2, -0.15) is 10.5 Å². The van der Waals surface area contributed by atoms with Gasteiger partial charge in [0.25, 0.3) is 0 Å². The van der Waals surface area contributed by atoms with E-state index >= 15 is 0 Å². The van der Waals surface area contributed by atoms with Crippen LogP contribution in [0.3, 0.4) is 0 Å². The normalized spacial score (nSPS) is 12.4. The Hall–Kier alpha value is -7.22. The number of nitrogens with zero attached hydrogens (tertiary/aromatic N) is 2. The molecule has 0 saturated heterocycles. The van der Waals surface area contributed by atoms with Crippen LogP contribution in [0.25, 0.3) is 113 Å². The van der Waals surface area contributed by atoms with Gasteiger partial charge in [-0.3, -0.25) is 0 Å². The van der Waals surface area contributed by atoms with Crippen molar-refractivity contribution in [3.05, 3.63) is 152 Å². The molecule has 8 heterocycles. The van der Waals surface area contributed by atoms with Crippen molar-refractivity contribution in [2.75, 3.05) is 26.4 Å². The molecule has 3 aromatic carbocycles. The molecule has 11 aromatic rings. The van der Waals surface area contributed by atoms with Crippen molar-refractivity contribution in [3.63, 3.8) is 0 Å². The maximum atomic E-state index is 13.6. The second-order valence-electron chi connectivity index (χ2n) is 37.4. The molecule has 0 N–H and O–H groups in total. The van der Waals surface area contributed by atoms with Gasteiger partial charge in [-0.25, -0.2) is 9.59 Å². The van der Waals surface area contributed by atoms with E-state index in [1.807, 2.05) is 68.0 Å². The van der Waals surface area contributed by atoms with Crippen molar-refractivity contribution in [1.82, 2.24) is 0 Å². The number of hydrogen-bond donors (Lipinski definition) is 0. The number of carbonyl (C=O) groups is 2. The first kappa shape index (κ1) is 107. The highest BCUT2D eigenvalue weighted by molar-refractivity contribution is 7.32. The summed E-state index contributed by atoms with van der Waals surface area (Å²) in [7, 11) is 0. The van der Waals surface area contributed by atoms with Crippen LogP contribution in [0.2, 0.25) is 0 Å². The number of benzene rings is 3. The molecule has 0 bridgehead atoms. The first-order valence-corrected chi connectivity index (χ1v) is 59.1. The lowest BCUT2D eigenvalue weighted by Crippen LogP contribution is -2.11. The Labute approximate surface area is 839 Å². The van der Waals surface area contributed by atoms with E-state index in [-0.39, 0.29) is 11.1 Å². The molecule has 2 unspecified atom stereocenters. The van der Waals surface area contributed by atoms with Crippen LogP contribution < -0.4 is 9.47 Å². The minimum absolute atomic E-state index is 0.0613. The van der Waals surface area contributed by atoms with E-state index in [1.165, 1.54) is 329 Å². The highest BCUT2D eigenvalue weighted by Crippen LogP contribution is 2.57. The van der Waals surface area contributed by atoms with E-state index < -0.39 is 11.9 Å². The fraction of sp³-hybridized carbons (Fsp3) is 0.542. The van der Waals surface area contributed by atoms with Crippen molar-refractivity contribution in [2.45, 2.75) is 377 Å². The summed E-state index contributed by atoms with van der Waals surface area (Å²) in [6.07, 6.45) is 59.1. The third kappa shape index (κ3) is 32.4. The Bertz CT molecular complexity index is 5070. The van der Waals surface area contributed by atoms with Gasteiger partial charge in [0.2, 0.25) is 0 Å². The number of rotatable bonds is 68. The lowest BCUT2D eigenvalue weighted by Gasteiger charge is -2.17. The fourth-order valence-corrected chi connectivity index (χ4v) is 28.3. The lowest BCUT2D eigenvalue weighted by molar-refractivity contribution is -0.139. The van der Waals surface area contributed by atoms with E-state index in [0.717, 1.165) is 124 Å². The molecule has 134 heavy (non-hydrogen) atoms. The summed E-state index contributed by atoms with van der Waals surface area (Å²) in [4.78, 5) is 44.4. The molecule has 8 aromatic heterocycles. The van der Waals surface area contributed by atoms with Crippen LogP contribution in [0.5, 0.6) is 11.5 Å². The molecule has 0 saturated carbocycles. The number of carbonyl (C=O) groups excluding carboxylic acids is 2. The van der Waals surface area contributed by atoms with Crippen molar-refractivity contribution in [3.8, 4) is 104 Å². The van der Waals surface area contributed by atoms with Gasteiger partial charge in [-0.05, 0) is 219 Å². The summed E-state index contributed by atoms with van der Waals surface area (Å²) in [5.74, 6) is 1.78. The first-order chi connectivity index (χ1) is 65.8. The van der Waals surface area contributed by atoms with Crippen LogP contribution in [0.4, 0.5) is 0 Å². The molecule has 2 atom stereocenters. The van der Waals surface area contributed by atoms with E-state index in [0.29, 0.717) is 38.3 Å². The number of ether oxygens (including phenoxy) is 4. The third-order valence-corrected chi connectivity index (χ3v) is 36.8. The highest BCUT2D eigenvalue weighted by atomic mass is 32.1. The number of hydrogen-bond acceptors (Lipinski definition) is 16. The zero-order valence-electron chi connectivity index (χ0n) is 83.1. The lowest BCUT2D eigenvalue weighted by atomic mass is 9.93. The largest absolute Gasteiger partial charge is 0.493 e. The molecule has 0 radical (unpaired) electrons. The van der Waals surface area contributed by atoms with Gasteiger partial charge in [-0.15, -0.1) is 90.7 Å². The molecule has 0 fully saturated rings. The number of unbranched alkanes of at least 4 members (excludes halogenated alkanes) is 32. The van der Waals surface area contributed by atoms with Crippen LogP contribution in [0.1, 0.15) is 384 Å². The average molecular weight is 1960 g/mol. The highest BCUT2D eigenvalue weighted by Gasteiger charge is 2.29. The van der Waals surface area contributed by atoms with Crippen molar-refractivity contribution < 1.29 is 28.5 Å². The summed E-state index contributed by atoms with van der Waals surface area (Å²) >= 11 is 15.0. The minimum atomic E-state index is -0.531. The molecule has 0 aliphatic rings. The van der Waals surface area contributed by atoms with Gasteiger partial charge >= 0.3 is 11.9 Å². The second kappa shape index (κ2) is 59.9. The van der Waals surface area contributed by atoms with Crippen LogP contribution in [0, 0.1) is 34.5 Å². The Morgan fingerprint density at radius 2 is 0.590 bits per heavy atom. The van der Waals surface area contributed by atoms with Crippen LogP contribution in [-0.2, 0) is 44.7 Å². The monoisotopic (exact) mass is 1950 g/mol. The van der Waals surface area contributed by atoms with Gasteiger partial charge < -0.3 is 18.9 Å². The summed E-state index contributed by atoms with van der Waals surface area (Å²) in [5, 5.41) is 23.5. The Kier molecular flexibility index (Phi) is 47.9. The van der Waals surface area contributed by atoms with Gasteiger partial charge in [0.15, 0.2) is 0 Å². The van der Waals surface area contributed by atoms with Crippen LogP contribution in [-0.4, -0.2) is 38.4 Å². The maximum Gasteiger partial charge on any atom is 0.348 e. The number of thiophene rings is 8. The standard InChI is InChI=1S/C118H156N2O6S8/c1-11-21-29-35-41-47-55-89-73-97(75-93(81-119)117(121)123-71-51-45-39-33-25-15-5)127-111(89)101-67-69-103(129-101)113-91(57-49-43-37-31-23-13-3)77-105(131-113)107-79-99-109(87-59-63-95(64-60-87)125-83-85(19-9)53-27-17-7)116-100(110(115(99)133-107)88-61-65-96(66-62-88)126-84-86(20-10)54-28-18-8)80-108(134-116)106-78-92(58-50-44-38-32-24-14-4)114(132-106)104-70-68-102(130-104)112-90(56-48-42-36-30-22-12-2)74-98(128-112)76-94(82-120)118(122)124-72-52-46-40-34-26-16-6/h59-70,73-80,85-86H,11-58,71-72,83-84H2,1-10H3/b93-75+,94-76+. The topological polar surface area (TPSA) is 119 Å². The zero-order chi connectivity index (χ0) is 94.4.